The predicted octanol–water partition coefficient (Wildman–Crippen LogP) is 4.27. The lowest BCUT2D eigenvalue weighted by Gasteiger charge is -2.21. The third-order valence-electron chi connectivity index (χ3n) is 3.09. The van der Waals surface area contributed by atoms with Crippen molar-refractivity contribution in [1.29, 1.82) is 0 Å². The van der Waals surface area contributed by atoms with Crippen LogP contribution in [0.1, 0.15) is 0 Å². The van der Waals surface area contributed by atoms with Gasteiger partial charge in [0.2, 0.25) is 0 Å². The minimum Gasteiger partial charge on any atom is -0.380 e. The molecule has 2 nitrogen and oxygen atoms in total. The average molecular weight is 249 g/mol. The molecule has 2 heteroatoms. The first-order chi connectivity index (χ1) is 9.34. The standard InChI is InChI=1S/C17H15NO/c1-18(19-15-10-3-2-4-11-15)17-13-7-9-14-8-5-6-12-16(14)17/h2-13H,1H3. The largest absolute Gasteiger partial charge is 0.380 e. The maximum atomic E-state index is 5.84. The summed E-state index contributed by atoms with van der Waals surface area (Å²) in [6.07, 6.45) is 0. The van der Waals surface area contributed by atoms with Crippen molar-refractivity contribution in [2.75, 3.05) is 12.1 Å². The van der Waals surface area contributed by atoms with Crippen LogP contribution in [0.2, 0.25) is 0 Å². The van der Waals surface area contributed by atoms with Gasteiger partial charge in [-0.25, -0.2) is 5.06 Å². The van der Waals surface area contributed by atoms with Crippen molar-refractivity contribution in [1.82, 2.24) is 0 Å². The smallest absolute Gasteiger partial charge is 0.155 e. The van der Waals surface area contributed by atoms with Crippen LogP contribution in [0.5, 0.6) is 5.75 Å². The lowest BCUT2D eigenvalue weighted by Crippen LogP contribution is -2.21. The second-order valence-corrected chi connectivity index (χ2v) is 4.40. The van der Waals surface area contributed by atoms with Crippen molar-refractivity contribution >= 4 is 16.5 Å². The van der Waals surface area contributed by atoms with Crippen LogP contribution in [0.25, 0.3) is 10.8 Å². The van der Waals surface area contributed by atoms with E-state index in [0.717, 1.165) is 11.4 Å². The molecule has 19 heavy (non-hydrogen) atoms. The molecule has 0 atom stereocenters. The second-order valence-electron chi connectivity index (χ2n) is 4.40. The number of hydroxylamine groups is 1. The summed E-state index contributed by atoms with van der Waals surface area (Å²) in [5.74, 6) is 0.831. The van der Waals surface area contributed by atoms with Gasteiger partial charge in [-0.15, -0.1) is 0 Å². The Morgan fingerprint density at radius 2 is 1.42 bits per heavy atom. The van der Waals surface area contributed by atoms with E-state index in [4.69, 9.17) is 4.84 Å². The van der Waals surface area contributed by atoms with Gasteiger partial charge in [0.25, 0.3) is 0 Å². The molecule has 3 rings (SSSR count). The fraction of sp³-hybridized carbons (Fsp3) is 0.0588. The SMILES string of the molecule is CN(Oc1ccccc1)c1cccc2ccccc12. The van der Waals surface area contributed by atoms with Crippen molar-refractivity contribution in [2.24, 2.45) is 0 Å². The number of para-hydroxylation sites is 1. The Kier molecular flexibility index (Phi) is 3.07. The van der Waals surface area contributed by atoms with E-state index in [-0.39, 0.29) is 0 Å². The number of fused-ring (bicyclic) bond motifs is 1. The lowest BCUT2D eigenvalue weighted by atomic mass is 10.1. The number of anilines is 1. The van der Waals surface area contributed by atoms with E-state index in [0.29, 0.717) is 0 Å². The number of hydrogen-bond acceptors (Lipinski definition) is 2. The molecule has 0 N–H and O–H groups in total. The molecule has 0 saturated carbocycles. The molecule has 0 fully saturated rings. The van der Waals surface area contributed by atoms with E-state index in [1.807, 2.05) is 55.6 Å². The molecule has 0 heterocycles. The number of hydrogen-bond donors (Lipinski definition) is 0. The van der Waals surface area contributed by atoms with Gasteiger partial charge >= 0.3 is 0 Å². The second kappa shape index (κ2) is 5.02. The van der Waals surface area contributed by atoms with Crippen LogP contribution in [-0.4, -0.2) is 7.05 Å². The zero-order chi connectivity index (χ0) is 13.1. The third-order valence-corrected chi connectivity index (χ3v) is 3.09. The zero-order valence-electron chi connectivity index (χ0n) is 10.8. The van der Waals surface area contributed by atoms with E-state index < -0.39 is 0 Å². The number of rotatable bonds is 3. The van der Waals surface area contributed by atoms with Crippen molar-refractivity contribution in [3.8, 4) is 5.75 Å². The van der Waals surface area contributed by atoms with E-state index in [1.165, 1.54) is 10.8 Å². The van der Waals surface area contributed by atoms with E-state index in [2.05, 4.69) is 24.3 Å². The highest BCUT2D eigenvalue weighted by Gasteiger charge is 2.06. The Morgan fingerprint density at radius 1 is 0.737 bits per heavy atom. The fourth-order valence-electron chi connectivity index (χ4n) is 2.17. The molecular weight excluding hydrogens is 234 g/mol. The Hall–Kier alpha value is -2.48. The maximum Gasteiger partial charge on any atom is 0.155 e. The number of benzene rings is 3. The van der Waals surface area contributed by atoms with Gasteiger partial charge in [-0.05, 0) is 23.6 Å². The summed E-state index contributed by atoms with van der Waals surface area (Å²) >= 11 is 0. The molecule has 94 valence electrons. The molecule has 0 bridgehead atoms. The van der Waals surface area contributed by atoms with Crippen LogP contribution < -0.4 is 9.90 Å². The van der Waals surface area contributed by atoms with Gasteiger partial charge in [0.1, 0.15) is 0 Å². The molecule has 3 aromatic carbocycles. The van der Waals surface area contributed by atoms with Crippen LogP contribution in [0, 0.1) is 0 Å². The molecular formula is C17H15NO. The maximum absolute atomic E-state index is 5.84. The summed E-state index contributed by atoms with van der Waals surface area (Å²) in [6.45, 7) is 0. The summed E-state index contributed by atoms with van der Waals surface area (Å²) in [5.41, 5.74) is 1.06. The molecule has 3 aromatic rings. The van der Waals surface area contributed by atoms with Crippen molar-refractivity contribution < 1.29 is 4.84 Å². The van der Waals surface area contributed by atoms with Crippen molar-refractivity contribution in [2.45, 2.75) is 0 Å². The first-order valence-electron chi connectivity index (χ1n) is 6.29. The van der Waals surface area contributed by atoms with Crippen LogP contribution in [0.3, 0.4) is 0 Å². The number of nitrogens with zero attached hydrogens (tertiary/aromatic N) is 1. The Bertz CT molecular complexity index is 674. The molecule has 0 spiro atoms. The van der Waals surface area contributed by atoms with Crippen LogP contribution >= 0.6 is 0 Å². The van der Waals surface area contributed by atoms with Gasteiger partial charge in [-0.3, -0.25) is 0 Å². The zero-order valence-corrected chi connectivity index (χ0v) is 10.8. The van der Waals surface area contributed by atoms with Crippen molar-refractivity contribution in [3.05, 3.63) is 72.8 Å². The Morgan fingerprint density at radius 3 is 2.26 bits per heavy atom. The fourth-order valence-corrected chi connectivity index (χ4v) is 2.17. The third kappa shape index (κ3) is 2.38. The predicted molar refractivity (Wildman–Crippen MR) is 79.4 cm³/mol. The van der Waals surface area contributed by atoms with Crippen LogP contribution in [0.15, 0.2) is 72.8 Å². The topological polar surface area (TPSA) is 12.5 Å². The van der Waals surface area contributed by atoms with Gasteiger partial charge < -0.3 is 4.84 Å². The van der Waals surface area contributed by atoms with Gasteiger partial charge in [0.05, 0.1) is 5.69 Å². The Balaban J connectivity index is 1.96. The van der Waals surface area contributed by atoms with Gasteiger partial charge in [-0.2, -0.15) is 0 Å². The molecule has 0 aliphatic rings. The van der Waals surface area contributed by atoms with Crippen LogP contribution in [-0.2, 0) is 0 Å². The minimum atomic E-state index is 0.831. The molecule has 0 aliphatic carbocycles. The molecule has 0 amide bonds. The summed E-state index contributed by atoms with van der Waals surface area (Å²) in [7, 11) is 1.93. The lowest BCUT2D eigenvalue weighted by molar-refractivity contribution is 0.304. The Labute approximate surface area is 112 Å². The van der Waals surface area contributed by atoms with Crippen LogP contribution in [0.4, 0.5) is 5.69 Å². The summed E-state index contributed by atoms with van der Waals surface area (Å²) in [4.78, 5) is 5.84. The first-order valence-corrected chi connectivity index (χ1v) is 6.29. The molecule has 0 aromatic heterocycles. The highest BCUT2D eigenvalue weighted by molar-refractivity contribution is 5.93. The summed E-state index contributed by atoms with van der Waals surface area (Å²) < 4.78 is 0. The van der Waals surface area contributed by atoms with E-state index in [9.17, 15) is 0 Å². The van der Waals surface area contributed by atoms with Gasteiger partial charge in [0, 0.05) is 12.4 Å². The van der Waals surface area contributed by atoms with E-state index in [1.54, 1.807) is 5.06 Å². The van der Waals surface area contributed by atoms with Gasteiger partial charge in [0.15, 0.2) is 5.75 Å². The monoisotopic (exact) mass is 249 g/mol. The molecule has 0 unspecified atom stereocenters. The average Bonchev–Trinajstić information content (AvgIpc) is 2.47. The van der Waals surface area contributed by atoms with Gasteiger partial charge in [-0.1, -0.05) is 54.6 Å². The van der Waals surface area contributed by atoms with E-state index >= 15 is 0 Å². The summed E-state index contributed by atoms with van der Waals surface area (Å²) in [6, 6.07) is 24.3. The van der Waals surface area contributed by atoms with Crippen molar-refractivity contribution in [3.63, 3.8) is 0 Å². The first kappa shape index (κ1) is 11.6. The highest BCUT2D eigenvalue weighted by atomic mass is 16.7. The molecule has 0 saturated heterocycles. The quantitative estimate of drug-likeness (QED) is 0.643. The normalized spacial score (nSPS) is 10.4. The molecule has 0 aliphatic heterocycles. The highest BCUT2D eigenvalue weighted by Crippen LogP contribution is 2.26. The summed E-state index contributed by atoms with van der Waals surface area (Å²) in [5, 5.41) is 4.20. The molecule has 0 radical (unpaired) electrons. The minimum absolute atomic E-state index is 0.831.